The molecule has 1 amide bonds. The first-order chi connectivity index (χ1) is 10.2. The van der Waals surface area contributed by atoms with Gasteiger partial charge in [0.15, 0.2) is 5.76 Å². The van der Waals surface area contributed by atoms with E-state index >= 15 is 0 Å². The van der Waals surface area contributed by atoms with Crippen LogP contribution in [-0.2, 0) is 13.0 Å². The highest BCUT2D eigenvalue weighted by Crippen LogP contribution is 2.17. The monoisotopic (exact) mass is 288 g/mol. The van der Waals surface area contributed by atoms with Crippen molar-refractivity contribution in [3.8, 4) is 5.75 Å². The average molecular weight is 288 g/mol. The molecule has 1 heterocycles. The Kier molecular flexibility index (Phi) is 5.40. The smallest absolute Gasteiger partial charge is 0.268 e. The summed E-state index contributed by atoms with van der Waals surface area (Å²) >= 11 is 0. The molecule has 0 unspecified atom stereocenters. The molecule has 0 spiro atoms. The van der Waals surface area contributed by atoms with Gasteiger partial charge in [0.2, 0.25) is 0 Å². The molecule has 112 valence electrons. The van der Waals surface area contributed by atoms with Gasteiger partial charge in [0.25, 0.3) is 5.91 Å². The Bertz CT molecular complexity index is 575. The number of unbranched alkanes of at least 4 members (excludes halogenated alkanes) is 1. The highest BCUT2D eigenvalue weighted by Gasteiger charge is 2.13. The second kappa shape index (κ2) is 7.50. The van der Waals surface area contributed by atoms with Crippen LogP contribution in [0.1, 0.15) is 41.4 Å². The maximum Gasteiger partial charge on any atom is 0.268 e. The lowest BCUT2D eigenvalue weighted by atomic mass is 10.1. The quantitative estimate of drug-likeness (QED) is 0.466. The third-order valence-electron chi connectivity index (χ3n) is 3.23. The van der Waals surface area contributed by atoms with Crippen molar-refractivity contribution in [3.05, 3.63) is 53.5 Å². The molecule has 0 atom stereocenters. The number of benzene rings is 1. The van der Waals surface area contributed by atoms with Crippen molar-refractivity contribution in [2.24, 2.45) is 5.84 Å². The van der Waals surface area contributed by atoms with Gasteiger partial charge in [-0.3, -0.25) is 10.2 Å². The summed E-state index contributed by atoms with van der Waals surface area (Å²) in [7, 11) is 0. The number of ether oxygens (including phenoxy) is 1. The zero-order valence-corrected chi connectivity index (χ0v) is 12.1. The van der Waals surface area contributed by atoms with Crippen LogP contribution in [-0.4, -0.2) is 5.91 Å². The molecule has 0 radical (unpaired) electrons. The molecule has 21 heavy (non-hydrogen) atoms. The van der Waals surface area contributed by atoms with E-state index in [0.717, 1.165) is 12.2 Å². The van der Waals surface area contributed by atoms with Crippen LogP contribution in [0.2, 0.25) is 0 Å². The number of hydrazine groups is 1. The van der Waals surface area contributed by atoms with E-state index in [1.165, 1.54) is 24.7 Å². The molecule has 0 fully saturated rings. The van der Waals surface area contributed by atoms with Gasteiger partial charge < -0.3 is 9.15 Å². The van der Waals surface area contributed by atoms with E-state index in [-0.39, 0.29) is 6.61 Å². The standard InChI is InChI=1S/C16H20N2O3/c1-2-3-4-12-5-7-13(8-6-12)21-11-15-14(9-10-20-15)16(19)18-17/h5-10H,2-4,11,17H2,1H3,(H,18,19). The van der Waals surface area contributed by atoms with Crippen molar-refractivity contribution < 1.29 is 13.9 Å². The fraction of sp³-hybridized carbons (Fsp3) is 0.312. The molecule has 2 aromatic rings. The Hall–Kier alpha value is -2.27. The molecule has 1 aromatic carbocycles. The van der Waals surface area contributed by atoms with Gasteiger partial charge in [-0.15, -0.1) is 0 Å². The second-order valence-corrected chi connectivity index (χ2v) is 4.77. The average Bonchev–Trinajstić information content (AvgIpc) is 2.99. The summed E-state index contributed by atoms with van der Waals surface area (Å²) in [4.78, 5) is 11.5. The van der Waals surface area contributed by atoms with Crippen molar-refractivity contribution in [1.29, 1.82) is 0 Å². The number of furan rings is 1. The molecule has 0 bridgehead atoms. The molecule has 3 N–H and O–H groups in total. The van der Waals surface area contributed by atoms with E-state index in [2.05, 4.69) is 24.5 Å². The van der Waals surface area contributed by atoms with Gasteiger partial charge in [-0.1, -0.05) is 25.5 Å². The van der Waals surface area contributed by atoms with E-state index in [1.54, 1.807) is 6.07 Å². The van der Waals surface area contributed by atoms with Gasteiger partial charge in [-0.25, -0.2) is 5.84 Å². The number of nitrogens with two attached hydrogens (primary N) is 1. The van der Waals surface area contributed by atoms with Gasteiger partial charge in [0, 0.05) is 0 Å². The number of carbonyl (C=O) groups excluding carboxylic acids is 1. The van der Waals surface area contributed by atoms with E-state index < -0.39 is 5.91 Å². The predicted molar refractivity (Wildman–Crippen MR) is 79.7 cm³/mol. The molecule has 0 saturated carbocycles. The van der Waals surface area contributed by atoms with Crippen LogP contribution in [0.4, 0.5) is 0 Å². The van der Waals surface area contributed by atoms with Crippen LogP contribution in [0.5, 0.6) is 5.75 Å². The number of hydrogen-bond donors (Lipinski definition) is 2. The molecule has 2 rings (SSSR count). The molecular weight excluding hydrogens is 268 g/mol. The first-order valence-corrected chi connectivity index (χ1v) is 7.03. The number of rotatable bonds is 7. The highest BCUT2D eigenvalue weighted by atomic mass is 16.5. The summed E-state index contributed by atoms with van der Waals surface area (Å²) in [5.74, 6) is 5.92. The van der Waals surface area contributed by atoms with E-state index in [0.29, 0.717) is 11.3 Å². The molecule has 5 heteroatoms. The maximum atomic E-state index is 11.5. The number of aryl methyl sites for hydroxylation is 1. The van der Waals surface area contributed by atoms with E-state index in [4.69, 9.17) is 15.0 Å². The van der Waals surface area contributed by atoms with Crippen LogP contribution in [0.25, 0.3) is 0 Å². The Balaban J connectivity index is 1.94. The van der Waals surface area contributed by atoms with E-state index in [9.17, 15) is 4.79 Å². The molecule has 0 aliphatic heterocycles. The number of amides is 1. The fourth-order valence-electron chi connectivity index (χ4n) is 2.01. The van der Waals surface area contributed by atoms with Crippen LogP contribution in [0.15, 0.2) is 41.0 Å². The zero-order valence-electron chi connectivity index (χ0n) is 12.1. The first kappa shape index (κ1) is 15.1. The minimum Gasteiger partial charge on any atom is -0.486 e. The molecular formula is C16H20N2O3. The third kappa shape index (κ3) is 4.10. The Labute approximate surface area is 124 Å². The maximum absolute atomic E-state index is 11.5. The molecule has 0 aliphatic rings. The SMILES string of the molecule is CCCCc1ccc(OCc2occc2C(=O)NN)cc1. The van der Waals surface area contributed by atoms with Crippen molar-refractivity contribution in [2.45, 2.75) is 32.8 Å². The topological polar surface area (TPSA) is 77.5 Å². The van der Waals surface area contributed by atoms with Crippen LogP contribution in [0, 0.1) is 0 Å². The number of carbonyl (C=O) groups is 1. The Morgan fingerprint density at radius 2 is 2.05 bits per heavy atom. The summed E-state index contributed by atoms with van der Waals surface area (Å²) < 4.78 is 10.9. The minimum absolute atomic E-state index is 0.185. The lowest BCUT2D eigenvalue weighted by Crippen LogP contribution is -2.30. The van der Waals surface area contributed by atoms with Gasteiger partial charge >= 0.3 is 0 Å². The lowest BCUT2D eigenvalue weighted by Gasteiger charge is -2.07. The fourth-order valence-corrected chi connectivity index (χ4v) is 2.01. The van der Waals surface area contributed by atoms with Crippen molar-refractivity contribution in [3.63, 3.8) is 0 Å². The van der Waals surface area contributed by atoms with Crippen LogP contribution < -0.4 is 16.0 Å². The zero-order chi connectivity index (χ0) is 15.1. The van der Waals surface area contributed by atoms with Crippen LogP contribution in [0.3, 0.4) is 0 Å². The first-order valence-electron chi connectivity index (χ1n) is 7.03. The van der Waals surface area contributed by atoms with Gasteiger partial charge in [-0.05, 0) is 36.6 Å². The summed E-state index contributed by atoms with van der Waals surface area (Å²) in [6, 6.07) is 9.53. The Morgan fingerprint density at radius 3 is 2.71 bits per heavy atom. The predicted octanol–water partition coefficient (Wildman–Crippen LogP) is 2.80. The molecule has 1 aromatic heterocycles. The highest BCUT2D eigenvalue weighted by molar-refractivity contribution is 5.94. The van der Waals surface area contributed by atoms with Crippen molar-refractivity contribution >= 4 is 5.91 Å². The van der Waals surface area contributed by atoms with Crippen LogP contribution >= 0.6 is 0 Å². The summed E-state index contributed by atoms with van der Waals surface area (Å²) in [5.41, 5.74) is 3.76. The van der Waals surface area contributed by atoms with E-state index in [1.807, 2.05) is 12.1 Å². The normalized spacial score (nSPS) is 10.4. The minimum atomic E-state index is -0.391. The number of nitrogens with one attached hydrogen (secondary N) is 1. The molecule has 0 aliphatic carbocycles. The second-order valence-electron chi connectivity index (χ2n) is 4.77. The lowest BCUT2D eigenvalue weighted by molar-refractivity contribution is 0.0949. The largest absolute Gasteiger partial charge is 0.486 e. The van der Waals surface area contributed by atoms with Crippen molar-refractivity contribution in [2.75, 3.05) is 0 Å². The summed E-state index contributed by atoms with van der Waals surface area (Å²) in [6.45, 7) is 2.36. The van der Waals surface area contributed by atoms with Gasteiger partial charge in [0.05, 0.1) is 11.8 Å². The Morgan fingerprint density at radius 1 is 1.29 bits per heavy atom. The summed E-state index contributed by atoms with van der Waals surface area (Å²) in [5, 5.41) is 0. The number of hydrogen-bond acceptors (Lipinski definition) is 4. The third-order valence-corrected chi connectivity index (χ3v) is 3.23. The molecule has 5 nitrogen and oxygen atoms in total. The molecule has 0 saturated heterocycles. The van der Waals surface area contributed by atoms with Crippen molar-refractivity contribution in [1.82, 2.24) is 5.43 Å². The number of nitrogen functional groups attached to an aromatic ring is 1. The summed E-state index contributed by atoms with van der Waals surface area (Å²) in [6.07, 6.45) is 4.89. The van der Waals surface area contributed by atoms with Gasteiger partial charge in [0.1, 0.15) is 12.4 Å². The van der Waals surface area contributed by atoms with Gasteiger partial charge in [-0.2, -0.15) is 0 Å².